The fourth-order valence-corrected chi connectivity index (χ4v) is 6.89. The quantitative estimate of drug-likeness (QED) is 0.0935. The number of aryl methyl sites for hydroxylation is 2. The van der Waals surface area contributed by atoms with Crippen LogP contribution in [0.25, 0.3) is 17.3 Å². The Morgan fingerprint density at radius 2 is 1.62 bits per heavy atom. The number of thiazole rings is 1. The Labute approximate surface area is 297 Å². The monoisotopic (exact) mass is 714 g/mol. The summed E-state index contributed by atoms with van der Waals surface area (Å²) in [4.78, 5) is 46.4. The zero-order valence-electron chi connectivity index (χ0n) is 26.3. The number of carbonyl (C=O) groups is 3. The number of nitrogens with zero attached hydrogens (tertiary/aromatic N) is 1. The summed E-state index contributed by atoms with van der Waals surface area (Å²) in [6.45, 7) is 5.97. The second kappa shape index (κ2) is 16.1. The molecule has 5 aromatic rings. The van der Waals surface area contributed by atoms with E-state index in [0.717, 1.165) is 21.0 Å². The lowest BCUT2D eigenvalue weighted by Gasteiger charge is -2.15. The molecule has 0 aliphatic carbocycles. The molecule has 7 nitrogen and oxygen atoms in total. The van der Waals surface area contributed by atoms with Crippen LogP contribution < -0.4 is 16.0 Å². The number of nitrogens with one attached hydrogen (secondary N) is 3. The van der Waals surface area contributed by atoms with Gasteiger partial charge in [-0.1, -0.05) is 96.4 Å². The summed E-state index contributed by atoms with van der Waals surface area (Å²) in [5.74, 6) is -1.18. The van der Waals surface area contributed by atoms with E-state index in [0.29, 0.717) is 33.4 Å². The van der Waals surface area contributed by atoms with Gasteiger partial charge in [-0.3, -0.25) is 14.4 Å². The van der Waals surface area contributed by atoms with Crippen LogP contribution in [0, 0.1) is 13.8 Å². The highest BCUT2D eigenvalue weighted by Gasteiger charge is 2.21. The van der Waals surface area contributed by atoms with Crippen LogP contribution in [-0.2, 0) is 9.59 Å². The first-order valence-electron chi connectivity index (χ1n) is 15.1. The van der Waals surface area contributed by atoms with E-state index in [4.69, 9.17) is 28.2 Å². The first-order chi connectivity index (χ1) is 23.1. The third-order valence-corrected chi connectivity index (χ3v) is 10.3. The van der Waals surface area contributed by atoms with Gasteiger partial charge in [0.15, 0.2) is 5.13 Å². The largest absolute Gasteiger partial charge is 0.321 e. The molecule has 11 heteroatoms. The molecule has 1 atom stereocenters. The number of benzene rings is 4. The lowest BCUT2D eigenvalue weighted by molar-refractivity contribution is -0.116. The summed E-state index contributed by atoms with van der Waals surface area (Å²) < 4.78 is 0. The van der Waals surface area contributed by atoms with Crippen LogP contribution >= 0.6 is 46.3 Å². The summed E-state index contributed by atoms with van der Waals surface area (Å²) in [6.07, 6.45) is 2.05. The van der Waals surface area contributed by atoms with Gasteiger partial charge in [0.05, 0.1) is 21.0 Å². The molecule has 0 fully saturated rings. The zero-order chi connectivity index (χ0) is 34.2. The van der Waals surface area contributed by atoms with E-state index in [9.17, 15) is 14.4 Å². The SMILES string of the molecule is CCC(Sc1cccc(NC(=O)/C(=C\c2cccc(Cl)c2Cl)NC(=O)c2ccccc2)c1)C(=O)Nc1nc(-c2ccc(C)cc2)c(C)s1. The van der Waals surface area contributed by atoms with Crippen molar-refractivity contribution >= 4 is 80.9 Å². The second-order valence-corrected chi connectivity index (χ2v) is 14.1. The number of aromatic nitrogens is 1. The van der Waals surface area contributed by atoms with Gasteiger partial charge in [-0.2, -0.15) is 0 Å². The molecule has 0 spiro atoms. The van der Waals surface area contributed by atoms with Gasteiger partial charge in [-0.25, -0.2) is 4.98 Å². The normalized spacial score (nSPS) is 11.9. The van der Waals surface area contributed by atoms with E-state index in [1.165, 1.54) is 34.7 Å². The lowest BCUT2D eigenvalue weighted by Crippen LogP contribution is -2.30. The summed E-state index contributed by atoms with van der Waals surface area (Å²) in [5, 5.41) is 9.26. The number of halogens is 2. The Morgan fingerprint density at radius 1 is 0.896 bits per heavy atom. The molecule has 3 amide bonds. The molecule has 4 aromatic carbocycles. The third-order valence-electron chi connectivity index (χ3n) is 7.20. The van der Waals surface area contributed by atoms with E-state index in [2.05, 4.69) is 16.0 Å². The second-order valence-electron chi connectivity index (χ2n) is 10.8. The molecule has 0 radical (unpaired) electrons. The van der Waals surface area contributed by atoms with Gasteiger partial charge in [0.1, 0.15) is 5.70 Å². The maximum atomic E-state index is 13.6. The zero-order valence-corrected chi connectivity index (χ0v) is 29.5. The lowest BCUT2D eigenvalue weighted by atomic mass is 10.1. The molecule has 1 unspecified atom stereocenters. The molecule has 0 bridgehead atoms. The van der Waals surface area contributed by atoms with E-state index < -0.39 is 17.1 Å². The number of carbonyl (C=O) groups excluding carboxylic acids is 3. The first kappa shape index (κ1) is 34.9. The third kappa shape index (κ3) is 8.93. The maximum absolute atomic E-state index is 13.6. The average molecular weight is 716 g/mol. The molecule has 244 valence electrons. The van der Waals surface area contributed by atoms with Crippen molar-refractivity contribution in [1.29, 1.82) is 0 Å². The minimum Gasteiger partial charge on any atom is -0.321 e. The topological polar surface area (TPSA) is 100 Å². The van der Waals surface area contributed by atoms with Crippen LogP contribution in [0.1, 0.15) is 39.7 Å². The highest BCUT2D eigenvalue weighted by Crippen LogP contribution is 2.33. The number of hydrogen-bond acceptors (Lipinski definition) is 6. The number of rotatable bonds is 11. The van der Waals surface area contributed by atoms with E-state index in [-0.39, 0.29) is 16.6 Å². The van der Waals surface area contributed by atoms with Gasteiger partial charge in [-0.05, 0) is 68.3 Å². The van der Waals surface area contributed by atoms with Crippen LogP contribution in [-0.4, -0.2) is 28.0 Å². The van der Waals surface area contributed by atoms with Crippen molar-refractivity contribution in [3.05, 3.63) is 134 Å². The Bertz CT molecular complexity index is 1980. The van der Waals surface area contributed by atoms with Crippen LogP contribution in [0.4, 0.5) is 10.8 Å². The predicted octanol–water partition coefficient (Wildman–Crippen LogP) is 9.65. The minimum atomic E-state index is -0.564. The number of anilines is 2. The highest BCUT2D eigenvalue weighted by molar-refractivity contribution is 8.00. The predicted molar refractivity (Wildman–Crippen MR) is 199 cm³/mol. The summed E-state index contributed by atoms with van der Waals surface area (Å²) >= 11 is 15.4. The standard InChI is InChI=1S/C37H32Cl2N4O3S2/c1-4-31(36(46)43-37-42-33(23(3)47-37)24-18-16-22(2)17-19-24)48-28-14-9-13-27(21-28)40-35(45)30(20-26-12-8-15-29(38)32(26)39)41-34(44)25-10-6-5-7-11-25/h5-21,31H,4H2,1-3H3,(H,40,45)(H,41,44)(H,42,43,46)/b30-20+. The van der Waals surface area contributed by atoms with Crippen molar-refractivity contribution in [3.8, 4) is 11.3 Å². The fourth-order valence-electron chi connectivity index (χ4n) is 4.68. The van der Waals surface area contributed by atoms with Gasteiger partial charge >= 0.3 is 0 Å². The molecule has 48 heavy (non-hydrogen) atoms. The molecule has 3 N–H and O–H groups in total. The van der Waals surface area contributed by atoms with Gasteiger partial charge in [0.2, 0.25) is 5.91 Å². The Kier molecular flexibility index (Phi) is 11.7. The average Bonchev–Trinajstić information content (AvgIpc) is 3.45. The van der Waals surface area contributed by atoms with Gasteiger partial charge in [0, 0.05) is 26.6 Å². The Hall–Kier alpha value is -4.41. The minimum absolute atomic E-state index is 0.0272. The summed E-state index contributed by atoms with van der Waals surface area (Å²) in [6, 6.07) is 28.9. The summed E-state index contributed by atoms with van der Waals surface area (Å²) in [5.41, 5.74) is 4.33. The Morgan fingerprint density at radius 3 is 2.35 bits per heavy atom. The van der Waals surface area contributed by atoms with Crippen molar-refractivity contribution in [3.63, 3.8) is 0 Å². The Balaban J connectivity index is 1.30. The number of thioether (sulfide) groups is 1. The maximum Gasteiger partial charge on any atom is 0.272 e. The van der Waals surface area contributed by atoms with E-state index in [1.54, 1.807) is 66.7 Å². The van der Waals surface area contributed by atoms with Gasteiger partial charge in [0.25, 0.3) is 11.8 Å². The molecule has 0 saturated carbocycles. The summed E-state index contributed by atoms with van der Waals surface area (Å²) in [7, 11) is 0. The van der Waals surface area contributed by atoms with E-state index in [1.807, 2.05) is 51.1 Å². The molecule has 1 aromatic heterocycles. The molecule has 0 saturated heterocycles. The number of hydrogen-bond donors (Lipinski definition) is 3. The van der Waals surface area contributed by atoms with Crippen molar-refractivity contribution in [1.82, 2.24) is 10.3 Å². The molecule has 5 rings (SSSR count). The van der Waals surface area contributed by atoms with Crippen LogP contribution in [0.15, 0.2) is 108 Å². The first-order valence-corrected chi connectivity index (χ1v) is 17.5. The molecular formula is C37H32Cl2N4O3S2. The van der Waals surface area contributed by atoms with Crippen LogP contribution in [0.2, 0.25) is 10.0 Å². The molecule has 1 heterocycles. The van der Waals surface area contributed by atoms with E-state index >= 15 is 0 Å². The van der Waals surface area contributed by atoms with Crippen LogP contribution in [0.5, 0.6) is 0 Å². The molecular weight excluding hydrogens is 683 g/mol. The van der Waals surface area contributed by atoms with Crippen molar-refractivity contribution in [2.24, 2.45) is 0 Å². The molecule has 0 aliphatic heterocycles. The smallest absolute Gasteiger partial charge is 0.272 e. The van der Waals surface area contributed by atoms with Crippen molar-refractivity contribution < 1.29 is 14.4 Å². The highest BCUT2D eigenvalue weighted by atomic mass is 35.5. The van der Waals surface area contributed by atoms with Gasteiger partial charge < -0.3 is 16.0 Å². The fraction of sp³-hybridized carbons (Fsp3) is 0.135. The van der Waals surface area contributed by atoms with Crippen molar-refractivity contribution in [2.75, 3.05) is 10.6 Å². The van der Waals surface area contributed by atoms with Crippen molar-refractivity contribution in [2.45, 2.75) is 37.3 Å². The molecule has 0 aliphatic rings. The van der Waals surface area contributed by atoms with Crippen LogP contribution in [0.3, 0.4) is 0 Å². The number of amides is 3. The van der Waals surface area contributed by atoms with Gasteiger partial charge in [-0.15, -0.1) is 23.1 Å².